The van der Waals surface area contributed by atoms with E-state index in [2.05, 4.69) is 6.92 Å². The van der Waals surface area contributed by atoms with Gasteiger partial charge in [-0.3, -0.25) is 14.4 Å². The third-order valence-corrected chi connectivity index (χ3v) is 9.74. The fourth-order valence-corrected chi connectivity index (χ4v) is 8.26. The van der Waals surface area contributed by atoms with Crippen molar-refractivity contribution in [2.45, 2.75) is 84.3 Å². The molecule has 0 bridgehead atoms. The molecule has 9 atom stereocenters. The molecule has 4 saturated carbocycles. The maximum atomic E-state index is 13.6. The van der Waals surface area contributed by atoms with Crippen LogP contribution in [-0.2, 0) is 19.1 Å². The van der Waals surface area contributed by atoms with Crippen LogP contribution in [0.5, 0.6) is 0 Å². The van der Waals surface area contributed by atoms with Gasteiger partial charge in [0.2, 0.25) is 5.78 Å². The molecule has 0 amide bonds. The highest BCUT2D eigenvalue weighted by molar-refractivity contribution is 5.93. The topological polar surface area (TPSA) is 101 Å². The van der Waals surface area contributed by atoms with Crippen LogP contribution in [0.25, 0.3) is 0 Å². The van der Waals surface area contributed by atoms with E-state index in [0.29, 0.717) is 12.3 Å². The smallest absolute Gasteiger partial charge is 0.303 e. The number of ether oxygens (including phenoxy) is 1. The summed E-state index contributed by atoms with van der Waals surface area (Å²) in [6.07, 6.45) is 4.91. The predicted molar refractivity (Wildman–Crippen MR) is 109 cm³/mol. The molecular weight excluding hydrogens is 384 g/mol. The summed E-state index contributed by atoms with van der Waals surface area (Å²) in [6.45, 7) is 6.82. The number of hydrogen-bond donors (Lipinski definition) is 2. The normalized spacial score (nSPS) is 50.3. The average molecular weight is 421 g/mol. The predicted octanol–water partition coefficient (Wildman–Crippen LogP) is 2.68. The second-order valence-electron chi connectivity index (χ2n) is 11.1. The summed E-state index contributed by atoms with van der Waals surface area (Å²) in [6, 6.07) is 0. The summed E-state index contributed by atoms with van der Waals surface area (Å²) in [5.41, 5.74) is -2.60. The highest BCUT2D eigenvalue weighted by Crippen LogP contribution is 2.68. The summed E-state index contributed by atoms with van der Waals surface area (Å²) >= 11 is 0. The Morgan fingerprint density at radius 2 is 1.87 bits per heavy atom. The molecule has 0 aromatic carbocycles. The molecule has 4 aliphatic rings. The standard InChI is InChI=1S/C24H36O6/c1-13-9-18-17-6-5-15-10-16(26)7-8-22(15,3)21(17)19(27)11-23(18,4)24(13,29)20(28)12-30-14(2)25/h13,15-18,21,26,29H,5-12H2,1-4H3/t13?,15?,16?,17-,18-,21+,22-,23-,24-/m0/s1. The van der Waals surface area contributed by atoms with E-state index < -0.39 is 29.4 Å². The van der Waals surface area contributed by atoms with Crippen molar-refractivity contribution in [3.8, 4) is 0 Å². The summed E-state index contributed by atoms with van der Waals surface area (Å²) < 4.78 is 4.93. The Morgan fingerprint density at radius 1 is 1.17 bits per heavy atom. The van der Waals surface area contributed by atoms with Crippen LogP contribution in [0.1, 0.15) is 72.6 Å². The second-order valence-corrected chi connectivity index (χ2v) is 11.1. The molecule has 3 unspecified atom stereocenters. The van der Waals surface area contributed by atoms with Crippen LogP contribution in [0.2, 0.25) is 0 Å². The van der Waals surface area contributed by atoms with Crippen molar-refractivity contribution in [2.24, 2.45) is 40.4 Å². The molecule has 0 spiro atoms. The van der Waals surface area contributed by atoms with E-state index in [4.69, 9.17) is 4.74 Å². The Labute approximate surface area is 178 Å². The molecule has 4 rings (SSSR count). The van der Waals surface area contributed by atoms with Gasteiger partial charge in [-0.25, -0.2) is 0 Å². The zero-order chi connectivity index (χ0) is 22.1. The third-order valence-electron chi connectivity index (χ3n) is 9.74. The zero-order valence-corrected chi connectivity index (χ0v) is 18.6. The summed E-state index contributed by atoms with van der Waals surface area (Å²) in [4.78, 5) is 37.9. The molecule has 2 N–H and O–H groups in total. The number of fused-ring (bicyclic) bond motifs is 5. The second kappa shape index (κ2) is 7.13. The first-order chi connectivity index (χ1) is 13.9. The molecule has 0 radical (unpaired) electrons. The van der Waals surface area contributed by atoms with E-state index >= 15 is 0 Å². The van der Waals surface area contributed by atoms with Crippen LogP contribution < -0.4 is 0 Å². The van der Waals surface area contributed by atoms with Gasteiger partial charge in [0, 0.05) is 24.7 Å². The lowest BCUT2D eigenvalue weighted by Crippen LogP contribution is -2.63. The minimum atomic E-state index is -1.66. The van der Waals surface area contributed by atoms with Crippen LogP contribution in [0.3, 0.4) is 0 Å². The number of aliphatic hydroxyl groups is 2. The molecule has 6 nitrogen and oxygen atoms in total. The number of Topliss-reactive ketones (excluding diaryl/α,β-unsaturated/α-hetero) is 2. The van der Waals surface area contributed by atoms with Crippen LogP contribution in [0, 0.1) is 40.4 Å². The molecular formula is C24H36O6. The number of aliphatic hydroxyl groups excluding tert-OH is 1. The van der Waals surface area contributed by atoms with Crippen molar-refractivity contribution >= 4 is 17.5 Å². The first-order valence-corrected chi connectivity index (χ1v) is 11.5. The minimum absolute atomic E-state index is 0.0556. The molecule has 0 saturated heterocycles. The van der Waals surface area contributed by atoms with E-state index in [1.807, 2.05) is 13.8 Å². The summed E-state index contributed by atoms with van der Waals surface area (Å²) in [5.74, 6) is -0.612. The van der Waals surface area contributed by atoms with Gasteiger partial charge in [0.15, 0.2) is 6.61 Å². The van der Waals surface area contributed by atoms with Crippen LogP contribution in [0.15, 0.2) is 0 Å². The Hall–Kier alpha value is -1.27. The van der Waals surface area contributed by atoms with E-state index in [1.165, 1.54) is 6.92 Å². The highest BCUT2D eigenvalue weighted by atomic mass is 16.5. The van der Waals surface area contributed by atoms with E-state index in [1.54, 1.807) is 0 Å². The maximum Gasteiger partial charge on any atom is 0.303 e. The quantitative estimate of drug-likeness (QED) is 0.681. The lowest BCUT2D eigenvalue weighted by molar-refractivity contribution is -0.184. The minimum Gasteiger partial charge on any atom is -0.458 e. The summed E-state index contributed by atoms with van der Waals surface area (Å²) in [5, 5.41) is 21.9. The van der Waals surface area contributed by atoms with Crippen molar-refractivity contribution in [2.75, 3.05) is 6.61 Å². The van der Waals surface area contributed by atoms with E-state index in [9.17, 15) is 24.6 Å². The lowest BCUT2D eigenvalue weighted by Gasteiger charge is -2.60. The van der Waals surface area contributed by atoms with Gasteiger partial charge < -0.3 is 14.9 Å². The molecule has 6 heteroatoms. The van der Waals surface area contributed by atoms with Gasteiger partial charge >= 0.3 is 5.97 Å². The molecule has 168 valence electrons. The fourth-order valence-electron chi connectivity index (χ4n) is 8.26. The molecule has 0 heterocycles. The lowest BCUT2D eigenvalue weighted by atomic mass is 9.44. The van der Waals surface area contributed by atoms with Crippen molar-refractivity contribution in [3.05, 3.63) is 0 Å². The number of esters is 1. The number of rotatable bonds is 3. The number of carbonyl (C=O) groups excluding carboxylic acids is 3. The van der Waals surface area contributed by atoms with Crippen molar-refractivity contribution in [1.29, 1.82) is 0 Å². The molecule has 0 aromatic rings. The van der Waals surface area contributed by atoms with Crippen LogP contribution in [-0.4, -0.2) is 46.1 Å². The molecule has 4 fully saturated rings. The zero-order valence-electron chi connectivity index (χ0n) is 18.6. The van der Waals surface area contributed by atoms with Crippen molar-refractivity contribution < 1.29 is 29.3 Å². The maximum absolute atomic E-state index is 13.6. The largest absolute Gasteiger partial charge is 0.458 e. The highest BCUT2D eigenvalue weighted by Gasteiger charge is 2.71. The van der Waals surface area contributed by atoms with Crippen molar-refractivity contribution in [3.63, 3.8) is 0 Å². The SMILES string of the molecule is CC(=O)OCC(=O)[C@@]1(O)C(C)C[C@H]2[C@@H]3CCC4CC(O)CC[C@]4(C)[C@H]3C(=O)C[C@@]21C. The van der Waals surface area contributed by atoms with Gasteiger partial charge in [0.25, 0.3) is 0 Å². The molecule has 30 heavy (non-hydrogen) atoms. The van der Waals surface area contributed by atoms with Gasteiger partial charge in [0.1, 0.15) is 11.4 Å². The fraction of sp³-hybridized carbons (Fsp3) is 0.875. The van der Waals surface area contributed by atoms with Gasteiger partial charge in [0.05, 0.1) is 6.10 Å². The van der Waals surface area contributed by atoms with Gasteiger partial charge in [-0.1, -0.05) is 20.8 Å². The van der Waals surface area contributed by atoms with E-state index in [0.717, 1.165) is 32.1 Å². The average Bonchev–Trinajstić information content (AvgIpc) is 2.87. The van der Waals surface area contributed by atoms with Gasteiger partial charge in [-0.15, -0.1) is 0 Å². The monoisotopic (exact) mass is 420 g/mol. The first kappa shape index (κ1) is 21.9. The Bertz CT molecular complexity index is 763. The van der Waals surface area contributed by atoms with Gasteiger partial charge in [-0.2, -0.15) is 0 Å². The Balaban J connectivity index is 1.67. The third kappa shape index (κ3) is 2.85. The number of carbonyl (C=O) groups is 3. The number of hydrogen-bond acceptors (Lipinski definition) is 6. The Kier molecular flexibility index (Phi) is 5.21. The van der Waals surface area contributed by atoms with Gasteiger partial charge in [-0.05, 0) is 67.6 Å². The summed E-state index contributed by atoms with van der Waals surface area (Å²) in [7, 11) is 0. The molecule has 0 aliphatic heterocycles. The van der Waals surface area contributed by atoms with Crippen LogP contribution >= 0.6 is 0 Å². The first-order valence-electron chi connectivity index (χ1n) is 11.5. The van der Waals surface area contributed by atoms with E-state index in [-0.39, 0.29) is 47.4 Å². The number of ketones is 2. The van der Waals surface area contributed by atoms with Crippen LogP contribution in [0.4, 0.5) is 0 Å². The Morgan fingerprint density at radius 3 is 2.53 bits per heavy atom. The molecule has 4 aliphatic carbocycles. The molecule has 0 aromatic heterocycles. The van der Waals surface area contributed by atoms with Crippen molar-refractivity contribution in [1.82, 2.24) is 0 Å².